The molecule has 0 radical (unpaired) electrons. The van der Waals surface area contributed by atoms with Crippen molar-refractivity contribution >= 4 is 0 Å². The van der Waals surface area contributed by atoms with Crippen molar-refractivity contribution in [2.45, 2.75) is 33.1 Å². The molecule has 0 aromatic carbocycles. The van der Waals surface area contributed by atoms with E-state index in [1.807, 2.05) is 0 Å². The molecular formula is C11H19N3. The predicted molar refractivity (Wildman–Crippen MR) is 56.4 cm³/mol. The van der Waals surface area contributed by atoms with Crippen LogP contribution in [0.15, 0.2) is 0 Å². The Morgan fingerprint density at radius 1 is 1.07 bits per heavy atom. The molecule has 0 atom stereocenters. The molecule has 0 spiro atoms. The van der Waals surface area contributed by atoms with Crippen molar-refractivity contribution < 1.29 is 0 Å². The van der Waals surface area contributed by atoms with E-state index in [0.29, 0.717) is 18.8 Å². The molecular weight excluding hydrogens is 174 g/mol. The zero-order valence-electron chi connectivity index (χ0n) is 9.16. The number of rotatable bonds is 7. The van der Waals surface area contributed by atoms with Crippen LogP contribution in [0.1, 0.15) is 33.1 Å². The van der Waals surface area contributed by atoms with Crippen LogP contribution in [0.3, 0.4) is 0 Å². The smallest absolute Gasteiger partial charge is 0.0635 e. The molecule has 0 bridgehead atoms. The van der Waals surface area contributed by atoms with Gasteiger partial charge in [-0.1, -0.05) is 13.8 Å². The Kier molecular flexibility index (Phi) is 7.89. The second kappa shape index (κ2) is 8.53. The molecule has 0 N–H and O–H groups in total. The Hall–Kier alpha value is -1.06. The number of nitrogens with zero attached hydrogens (tertiary/aromatic N) is 3. The molecule has 0 saturated carbocycles. The first kappa shape index (κ1) is 12.9. The molecule has 0 aliphatic rings. The standard InChI is InChI=1S/C11H19N3/c1-11(2)10-14(9-5-7-13)8-4-3-6-12/h11H,3-5,8-10H2,1-2H3. The third-order valence-corrected chi connectivity index (χ3v) is 1.93. The van der Waals surface area contributed by atoms with Crippen molar-refractivity contribution in [3.05, 3.63) is 0 Å². The molecule has 0 amide bonds. The minimum absolute atomic E-state index is 0.583. The van der Waals surface area contributed by atoms with Crippen LogP contribution in [0.5, 0.6) is 0 Å². The van der Waals surface area contributed by atoms with Gasteiger partial charge in [0.15, 0.2) is 0 Å². The van der Waals surface area contributed by atoms with Crippen LogP contribution in [0.25, 0.3) is 0 Å². The van der Waals surface area contributed by atoms with Crippen LogP contribution in [0, 0.1) is 28.6 Å². The van der Waals surface area contributed by atoms with E-state index in [-0.39, 0.29) is 0 Å². The quantitative estimate of drug-likeness (QED) is 0.582. The van der Waals surface area contributed by atoms with E-state index in [4.69, 9.17) is 10.5 Å². The summed E-state index contributed by atoms with van der Waals surface area (Å²) in [7, 11) is 0. The summed E-state index contributed by atoms with van der Waals surface area (Å²) in [6, 6.07) is 4.30. The van der Waals surface area contributed by atoms with Gasteiger partial charge in [-0.25, -0.2) is 0 Å². The van der Waals surface area contributed by atoms with Crippen LogP contribution in [-0.2, 0) is 0 Å². The van der Waals surface area contributed by atoms with Crippen LogP contribution in [-0.4, -0.2) is 24.5 Å². The second-order valence-electron chi connectivity index (χ2n) is 3.86. The number of hydrogen-bond donors (Lipinski definition) is 0. The van der Waals surface area contributed by atoms with E-state index in [2.05, 4.69) is 30.9 Å². The SMILES string of the molecule is CC(C)CN(CCC#N)CCCC#N. The minimum atomic E-state index is 0.583. The predicted octanol–water partition coefficient (Wildman–Crippen LogP) is 2.16. The highest BCUT2D eigenvalue weighted by atomic mass is 15.1. The monoisotopic (exact) mass is 193 g/mol. The fourth-order valence-corrected chi connectivity index (χ4v) is 1.40. The largest absolute Gasteiger partial charge is 0.302 e. The van der Waals surface area contributed by atoms with Crippen LogP contribution >= 0.6 is 0 Å². The summed E-state index contributed by atoms with van der Waals surface area (Å²) in [5.41, 5.74) is 0. The minimum Gasteiger partial charge on any atom is -0.302 e. The van der Waals surface area contributed by atoms with Crippen molar-refractivity contribution in [1.82, 2.24) is 4.90 Å². The first-order valence-electron chi connectivity index (χ1n) is 5.17. The first-order valence-corrected chi connectivity index (χ1v) is 5.17. The van der Waals surface area contributed by atoms with Gasteiger partial charge in [0.05, 0.1) is 12.1 Å². The van der Waals surface area contributed by atoms with Crippen molar-refractivity contribution in [2.75, 3.05) is 19.6 Å². The lowest BCUT2D eigenvalue weighted by atomic mass is 10.2. The van der Waals surface area contributed by atoms with Gasteiger partial charge >= 0.3 is 0 Å². The molecule has 0 aromatic rings. The summed E-state index contributed by atoms with van der Waals surface area (Å²) in [6.45, 7) is 7.13. The highest BCUT2D eigenvalue weighted by Gasteiger charge is 2.06. The lowest BCUT2D eigenvalue weighted by Gasteiger charge is -2.22. The molecule has 78 valence electrons. The van der Waals surface area contributed by atoms with Gasteiger partial charge in [-0.2, -0.15) is 10.5 Å². The van der Waals surface area contributed by atoms with Crippen molar-refractivity contribution in [3.8, 4) is 12.1 Å². The molecule has 0 saturated heterocycles. The molecule has 0 unspecified atom stereocenters. The fourth-order valence-electron chi connectivity index (χ4n) is 1.40. The Morgan fingerprint density at radius 2 is 1.71 bits per heavy atom. The highest BCUT2D eigenvalue weighted by molar-refractivity contribution is 4.75. The Labute approximate surface area is 86.9 Å². The zero-order chi connectivity index (χ0) is 10.8. The number of nitriles is 2. The molecule has 3 nitrogen and oxygen atoms in total. The Balaban J connectivity index is 3.74. The molecule has 0 aliphatic heterocycles. The first-order chi connectivity index (χ1) is 6.70. The maximum atomic E-state index is 8.49. The van der Waals surface area contributed by atoms with Gasteiger partial charge in [-0.05, 0) is 18.9 Å². The topological polar surface area (TPSA) is 50.8 Å². The van der Waals surface area contributed by atoms with E-state index < -0.39 is 0 Å². The summed E-state index contributed by atoms with van der Waals surface area (Å²) in [6.07, 6.45) is 2.11. The van der Waals surface area contributed by atoms with Gasteiger partial charge < -0.3 is 4.90 Å². The van der Waals surface area contributed by atoms with Gasteiger partial charge in [0, 0.05) is 25.9 Å². The number of hydrogen-bond acceptors (Lipinski definition) is 3. The average Bonchev–Trinajstić information content (AvgIpc) is 2.13. The van der Waals surface area contributed by atoms with Crippen molar-refractivity contribution in [1.29, 1.82) is 10.5 Å². The number of unbranched alkanes of at least 4 members (excludes halogenated alkanes) is 1. The summed E-state index contributed by atoms with van der Waals surface area (Å²) < 4.78 is 0. The average molecular weight is 193 g/mol. The lowest BCUT2D eigenvalue weighted by molar-refractivity contribution is 0.247. The maximum Gasteiger partial charge on any atom is 0.0635 e. The van der Waals surface area contributed by atoms with Gasteiger partial charge in [0.2, 0.25) is 0 Å². The third kappa shape index (κ3) is 7.58. The van der Waals surface area contributed by atoms with E-state index >= 15 is 0 Å². The van der Waals surface area contributed by atoms with Gasteiger partial charge in [0.1, 0.15) is 0 Å². The summed E-state index contributed by atoms with van der Waals surface area (Å²) >= 11 is 0. The Bertz CT molecular complexity index is 210. The van der Waals surface area contributed by atoms with Gasteiger partial charge in [0.25, 0.3) is 0 Å². The molecule has 0 aromatic heterocycles. The van der Waals surface area contributed by atoms with E-state index in [9.17, 15) is 0 Å². The molecule has 14 heavy (non-hydrogen) atoms. The van der Waals surface area contributed by atoms with Crippen molar-refractivity contribution in [2.24, 2.45) is 5.92 Å². The molecule has 0 aliphatic carbocycles. The van der Waals surface area contributed by atoms with Crippen LogP contribution < -0.4 is 0 Å². The van der Waals surface area contributed by atoms with E-state index in [1.54, 1.807) is 0 Å². The maximum absolute atomic E-state index is 8.49. The summed E-state index contributed by atoms with van der Waals surface area (Å²) in [5, 5.41) is 16.9. The molecule has 3 heteroatoms. The third-order valence-electron chi connectivity index (χ3n) is 1.93. The normalized spacial score (nSPS) is 10.1. The Morgan fingerprint density at radius 3 is 2.21 bits per heavy atom. The fraction of sp³-hybridized carbons (Fsp3) is 0.818. The lowest BCUT2D eigenvalue weighted by Crippen LogP contribution is -2.29. The van der Waals surface area contributed by atoms with Gasteiger partial charge in [-0.15, -0.1) is 0 Å². The van der Waals surface area contributed by atoms with E-state index in [1.165, 1.54) is 0 Å². The molecule has 0 fully saturated rings. The molecule has 0 rings (SSSR count). The summed E-state index contributed by atoms with van der Waals surface area (Å²) in [4.78, 5) is 2.27. The highest BCUT2D eigenvalue weighted by Crippen LogP contribution is 2.02. The van der Waals surface area contributed by atoms with Crippen LogP contribution in [0.4, 0.5) is 0 Å². The van der Waals surface area contributed by atoms with Crippen molar-refractivity contribution in [3.63, 3.8) is 0 Å². The van der Waals surface area contributed by atoms with Gasteiger partial charge in [-0.3, -0.25) is 0 Å². The van der Waals surface area contributed by atoms with Crippen LogP contribution in [0.2, 0.25) is 0 Å². The second-order valence-corrected chi connectivity index (χ2v) is 3.86. The molecule has 0 heterocycles. The summed E-state index contributed by atoms with van der Waals surface area (Å²) in [5.74, 6) is 0.621. The van der Waals surface area contributed by atoms with E-state index in [0.717, 1.165) is 26.1 Å². The zero-order valence-corrected chi connectivity index (χ0v) is 9.16.